The smallest absolute Gasteiger partial charge is 0.320 e. The SMILES string of the molecule is COc1ccc(C(c2cccs2)N2CCCC2C(=O)O)cc1F. The Balaban J connectivity index is 2.03. The van der Waals surface area contributed by atoms with Crippen molar-refractivity contribution in [3.63, 3.8) is 0 Å². The van der Waals surface area contributed by atoms with Crippen LogP contribution in [-0.2, 0) is 4.79 Å². The number of thiophene rings is 1. The Hall–Kier alpha value is -1.92. The van der Waals surface area contributed by atoms with Crippen LogP contribution in [0.15, 0.2) is 35.7 Å². The van der Waals surface area contributed by atoms with Gasteiger partial charge in [-0.2, -0.15) is 0 Å². The lowest BCUT2D eigenvalue weighted by molar-refractivity contribution is -0.142. The van der Waals surface area contributed by atoms with Crippen molar-refractivity contribution < 1.29 is 19.0 Å². The molecule has 0 bridgehead atoms. The first-order valence-corrected chi connectivity index (χ1v) is 8.35. The van der Waals surface area contributed by atoms with Crippen LogP contribution in [0.2, 0.25) is 0 Å². The molecule has 0 spiro atoms. The molecule has 0 amide bonds. The number of hydrogen-bond acceptors (Lipinski definition) is 4. The third kappa shape index (κ3) is 3.09. The molecule has 0 radical (unpaired) electrons. The van der Waals surface area contributed by atoms with Gasteiger partial charge >= 0.3 is 5.97 Å². The molecule has 3 rings (SSSR count). The highest BCUT2D eigenvalue weighted by atomic mass is 32.1. The van der Waals surface area contributed by atoms with Crippen molar-refractivity contribution in [1.29, 1.82) is 0 Å². The van der Waals surface area contributed by atoms with E-state index in [0.717, 1.165) is 16.9 Å². The fourth-order valence-corrected chi connectivity index (χ4v) is 4.05. The van der Waals surface area contributed by atoms with E-state index in [1.807, 2.05) is 28.5 Å². The monoisotopic (exact) mass is 335 g/mol. The minimum atomic E-state index is -0.821. The number of methoxy groups -OCH3 is 1. The second-order valence-electron chi connectivity index (χ2n) is 5.55. The van der Waals surface area contributed by atoms with E-state index in [1.165, 1.54) is 13.2 Å². The lowest BCUT2D eigenvalue weighted by atomic mass is 10.0. The summed E-state index contributed by atoms with van der Waals surface area (Å²) in [5, 5.41) is 11.4. The van der Waals surface area contributed by atoms with Crippen molar-refractivity contribution in [3.8, 4) is 5.75 Å². The van der Waals surface area contributed by atoms with Gasteiger partial charge in [0.25, 0.3) is 0 Å². The molecular formula is C17H18FNO3S. The summed E-state index contributed by atoms with van der Waals surface area (Å²) in [5.74, 6) is -1.06. The Labute approximate surface area is 138 Å². The first-order valence-electron chi connectivity index (χ1n) is 7.47. The van der Waals surface area contributed by atoms with E-state index in [2.05, 4.69) is 0 Å². The molecule has 1 N–H and O–H groups in total. The Morgan fingerprint density at radius 1 is 1.48 bits per heavy atom. The molecule has 0 aliphatic carbocycles. The Kier molecular flexibility index (Phi) is 4.63. The van der Waals surface area contributed by atoms with Crippen molar-refractivity contribution in [2.45, 2.75) is 24.9 Å². The Morgan fingerprint density at radius 2 is 2.30 bits per heavy atom. The average molecular weight is 335 g/mol. The van der Waals surface area contributed by atoms with Crippen LogP contribution in [0.1, 0.15) is 29.3 Å². The highest BCUT2D eigenvalue weighted by Crippen LogP contribution is 2.38. The van der Waals surface area contributed by atoms with Gasteiger partial charge in [0.05, 0.1) is 13.2 Å². The molecule has 0 saturated carbocycles. The van der Waals surface area contributed by atoms with Gasteiger partial charge in [0.2, 0.25) is 0 Å². The Bertz CT molecular complexity index is 689. The molecule has 1 aromatic heterocycles. The zero-order valence-electron chi connectivity index (χ0n) is 12.7. The molecule has 2 atom stereocenters. The fourth-order valence-electron chi connectivity index (χ4n) is 3.18. The summed E-state index contributed by atoms with van der Waals surface area (Å²) in [7, 11) is 1.43. The van der Waals surface area contributed by atoms with Crippen molar-refractivity contribution >= 4 is 17.3 Å². The van der Waals surface area contributed by atoms with E-state index in [1.54, 1.807) is 17.4 Å². The van der Waals surface area contributed by atoms with Crippen LogP contribution in [0.4, 0.5) is 4.39 Å². The number of ether oxygens (including phenoxy) is 1. The molecule has 122 valence electrons. The van der Waals surface area contributed by atoms with Gasteiger partial charge in [-0.1, -0.05) is 12.1 Å². The number of benzene rings is 1. The predicted octanol–water partition coefficient (Wildman–Crippen LogP) is 3.53. The lowest BCUT2D eigenvalue weighted by Crippen LogP contribution is -2.39. The van der Waals surface area contributed by atoms with E-state index < -0.39 is 17.8 Å². The number of halogens is 1. The van der Waals surface area contributed by atoms with Gasteiger partial charge in [-0.3, -0.25) is 9.69 Å². The summed E-state index contributed by atoms with van der Waals surface area (Å²) in [6, 6.07) is 7.96. The number of rotatable bonds is 5. The fraction of sp³-hybridized carbons (Fsp3) is 0.353. The number of hydrogen-bond donors (Lipinski definition) is 1. The van der Waals surface area contributed by atoms with Gasteiger partial charge in [0, 0.05) is 11.4 Å². The van der Waals surface area contributed by atoms with Crippen LogP contribution in [0, 0.1) is 5.82 Å². The molecule has 2 aromatic rings. The van der Waals surface area contributed by atoms with Gasteiger partial charge in [-0.25, -0.2) is 4.39 Å². The van der Waals surface area contributed by atoms with Crippen LogP contribution in [0.5, 0.6) is 5.75 Å². The zero-order valence-corrected chi connectivity index (χ0v) is 13.6. The molecule has 23 heavy (non-hydrogen) atoms. The molecule has 4 nitrogen and oxygen atoms in total. The standard InChI is InChI=1S/C17H18FNO3S/c1-22-14-7-6-11(10-12(14)18)16(15-5-3-9-23-15)19-8-2-4-13(19)17(20)21/h3,5-7,9-10,13,16H,2,4,8H2,1H3,(H,20,21). The molecule has 1 fully saturated rings. The summed E-state index contributed by atoms with van der Waals surface area (Å²) in [4.78, 5) is 14.5. The highest BCUT2D eigenvalue weighted by molar-refractivity contribution is 7.10. The van der Waals surface area contributed by atoms with Crippen LogP contribution in [0.3, 0.4) is 0 Å². The maximum atomic E-state index is 14.1. The number of carboxylic acid groups (broad SMARTS) is 1. The third-order valence-electron chi connectivity index (χ3n) is 4.22. The van der Waals surface area contributed by atoms with Crippen molar-refractivity contribution in [2.24, 2.45) is 0 Å². The molecule has 1 saturated heterocycles. The average Bonchev–Trinajstić information content (AvgIpc) is 3.19. The summed E-state index contributed by atoms with van der Waals surface area (Å²) in [5.41, 5.74) is 0.749. The molecule has 1 aliphatic heterocycles. The molecule has 1 aliphatic rings. The van der Waals surface area contributed by atoms with E-state index in [0.29, 0.717) is 13.0 Å². The van der Waals surface area contributed by atoms with Gasteiger partial charge in [-0.15, -0.1) is 11.3 Å². The van der Waals surface area contributed by atoms with Gasteiger partial charge in [0.15, 0.2) is 11.6 Å². The predicted molar refractivity (Wildman–Crippen MR) is 86.5 cm³/mol. The van der Waals surface area contributed by atoms with E-state index in [-0.39, 0.29) is 11.8 Å². The number of nitrogens with zero attached hydrogens (tertiary/aromatic N) is 1. The first-order chi connectivity index (χ1) is 11.1. The quantitative estimate of drug-likeness (QED) is 0.908. The van der Waals surface area contributed by atoms with Crippen molar-refractivity contribution in [2.75, 3.05) is 13.7 Å². The van der Waals surface area contributed by atoms with E-state index >= 15 is 0 Å². The van der Waals surface area contributed by atoms with Crippen LogP contribution in [-0.4, -0.2) is 35.7 Å². The van der Waals surface area contributed by atoms with Crippen LogP contribution in [0.25, 0.3) is 0 Å². The molecule has 2 heterocycles. The Morgan fingerprint density at radius 3 is 2.91 bits per heavy atom. The van der Waals surface area contributed by atoms with E-state index in [9.17, 15) is 14.3 Å². The van der Waals surface area contributed by atoms with Gasteiger partial charge < -0.3 is 9.84 Å². The summed E-state index contributed by atoms with van der Waals surface area (Å²) < 4.78 is 19.1. The zero-order chi connectivity index (χ0) is 16.4. The summed E-state index contributed by atoms with van der Waals surface area (Å²) in [6.45, 7) is 0.688. The molecular weight excluding hydrogens is 317 g/mol. The highest BCUT2D eigenvalue weighted by Gasteiger charge is 2.37. The minimum absolute atomic E-state index is 0.190. The third-order valence-corrected chi connectivity index (χ3v) is 5.14. The maximum absolute atomic E-state index is 14.1. The van der Waals surface area contributed by atoms with Crippen LogP contribution >= 0.6 is 11.3 Å². The number of carbonyl (C=O) groups is 1. The summed E-state index contributed by atoms with van der Waals surface area (Å²) in [6.07, 6.45) is 1.45. The van der Waals surface area contributed by atoms with Crippen LogP contribution < -0.4 is 4.74 Å². The second kappa shape index (κ2) is 6.68. The number of likely N-dealkylation sites (tertiary alicyclic amines) is 1. The number of carboxylic acids is 1. The minimum Gasteiger partial charge on any atom is -0.494 e. The molecule has 6 heteroatoms. The summed E-state index contributed by atoms with van der Waals surface area (Å²) >= 11 is 1.55. The molecule has 2 unspecified atom stereocenters. The van der Waals surface area contributed by atoms with Gasteiger partial charge in [0.1, 0.15) is 6.04 Å². The van der Waals surface area contributed by atoms with E-state index in [4.69, 9.17) is 4.74 Å². The largest absolute Gasteiger partial charge is 0.494 e. The van der Waals surface area contributed by atoms with Gasteiger partial charge in [-0.05, 0) is 42.0 Å². The van der Waals surface area contributed by atoms with Crippen molar-refractivity contribution in [3.05, 3.63) is 52.0 Å². The maximum Gasteiger partial charge on any atom is 0.320 e. The molecule has 1 aromatic carbocycles. The van der Waals surface area contributed by atoms with Crippen molar-refractivity contribution in [1.82, 2.24) is 4.90 Å². The number of aliphatic carboxylic acids is 1. The second-order valence-corrected chi connectivity index (χ2v) is 6.53. The first kappa shape index (κ1) is 16.0. The normalized spacial score (nSPS) is 19.7. The topological polar surface area (TPSA) is 49.8 Å². The lowest BCUT2D eigenvalue weighted by Gasteiger charge is -2.31.